The van der Waals surface area contributed by atoms with E-state index in [4.69, 9.17) is 4.42 Å². The molecule has 0 spiro atoms. The summed E-state index contributed by atoms with van der Waals surface area (Å²) in [6.45, 7) is 3.86. The predicted octanol–water partition coefficient (Wildman–Crippen LogP) is 4.72. The number of fused-ring (bicyclic) bond motifs is 1. The molecule has 0 saturated heterocycles. The van der Waals surface area contributed by atoms with Gasteiger partial charge in [-0.25, -0.2) is 4.79 Å². The SMILES string of the molecule is CC(C)C(C(=O)O)N1Cc2ccc(-c3ccc(NC(=O)c4nnc(-c5ccccc5)o4)cc3)cc2C1=O. The van der Waals surface area contributed by atoms with Gasteiger partial charge in [-0.05, 0) is 52.9 Å². The smallest absolute Gasteiger partial charge is 0.326 e. The van der Waals surface area contributed by atoms with Crippen LogP contribution in [0.5, 0.6) is 0 Å². The molecule has 2 amide bonds. The number of amides is 2. The van der Waals surface area contributed by atoms with E-state index < -0.39 is 17.9 Å². The zero-order valence-electron chi connectivity index (χ0n) is 20.2. The predicted molar refractivity (Wildman–Crippen MR) is 136 cm³/mol. The number of nitrogens with zero attached hydrogens (tertiary/aromatic N) is 3. The lowest BCUT2D eigenvalue weighted by Gasteiger charge is -2.27. The average Bonchev–Trinajstić information content (AvgIpc) is 3.50. The maximum Gasteiger partial charge on any atom is 0.326 e. The van der Waals surface area contributed by atoms with Crippen molar-refractivity contribution in [3.63, 3.8) is 0 Å². The van der Waals surface area contributed by atoms with Gasteiger partial charge in [-0.3, -0.25) is 9.59 Å². The van der Waals surface area contributed by atoms with E-state index in [2.05, 4.69) is 15.5 Å². The Kier molecular flexibility index (Phi) is 6.27. The minimum Gasteiger partial charge on any atom is -0.480 e. The van der Waals surface area contributed by atoms with E-state index in [0.29, 0.717) is 11.3 Å². The number of hydrogen-bond donors (Lipinski definition) is 2. The van der Waals surface area contributed by atoms with Crippen LogP contribution in [0.4, 0.5) is 5.69 Å². The highest BCUT2D eigenvalue weighted by molar-refractivity contribution is 6.02. The number of carboxylic acids is 1. The van der Waals surface area contributed by atoms with Crippen LogP contribution in [0, 0.1) is 5.92 Å². The summed E-state index contributed by atoms with van der Waals surface area (Å²) in [5.74, 6) is -1.92. The van der Waals surface area contributed by atoms with Crippen molar-refractivity contribution in [2.75, 3.05) is 5.32 Å². The highest BCUT2D eigenvalue weighted by Gasteiger charge is 2.38. The van der Waals surface area contributed by atoms with Crippen LogP contribution in [0.1, 0.15) is 40.5 Å². The third kappa shape index (κ3) is 4.71. The van der Waals surface area contributed by atoms with Gasteiger partial charge in [0.25, 0.3) is 5.91 Å². The minimum atomic E-state index is -1.01. The topological polar surface area (TPSA) is 126 Å². The van der Waals surface area contributed by atoms with Crippen molar-refractivity contribution in [3.8, 4) is 22.6 Å². The normalized spacial score (nSPS) is 13.5. The molecule has 5 rings (SSSR count). The molecule has 0 aliphatic carbocycles. The second-order valence-corrected chi connectivity index (χ2v) is 9.14. The van der Waals surface area contributed by atoms with E-state index in [1.807, 2.05) is 54.6 Å². The second kappa shape index (κ2) is 9.69. The molecule has 1 unspecified atom stereocenters. The summed E-state index contributed by atoms with van der Waals surface area (Å²) in [5, 5.41) is 20.1. The molecule has 1 aliphatic rings. The Morgan fingerprint density at radius 2 is 1.65 bits per heavy atom. The van der Waals surface area contributed by atoms with Gasteiger partial charge < -0.3 is 19.7 Å². The number of nitrogens with one attached hydrogen (secondary N) is 1. The molecule has 37 heavy (non-hydrogen) atoms. The molecule has 186 valence electrons. The van der Waals surface area contributed by atoms with Crippen LogP contribution in [-0.2, 0) is 11.3 Å². The molecular formula is C28H24N4O5. The maximum absolute atomic E-state index is 13.0. The summed E-state index contributed by atoms with van der Waals surface area (Å²) in [6.07, 6.45) is 0. The van der Waals surface area contributed by atoms with Crippen molar-refractivity contribution in [1.82, 2.24) is 15.1 Å². The molecule has 0 fully saturated rings. The number of rotatable bonds is 7. The fourth-order valence-electron chi connectivity index (χ4n) is 4.45. The molecule has 0 saturated carbocycles. The summed E-state index contributed by atoms with van der Waals surface area (Å²) in [4.78, 5) is 38.8. The highest BCUT2D eigenvalue weighted by atomic mass is 16.4. The lowest BCUT2D eigenvalue weighted by molar-refractivity contribution is -0.144. The van der Waals surface area contributed by atoms with Crippen LogP contribution < -0.4 is 5.32 Å². The maximum atomic E-state index is 13.0. The lowest BCUT2D eigenvalue weighted by atomic mass is 10.00. The van der Waals surface area contributed by atoms with Crippen molar-refractivity contribution in [2.24, 2.45) is 5.92 Å². The Labute approximate surface area is 212 Å². The first-order valence-electron chi connectivity index (χ1n) is 11.8. The summed E-state index contributed by atoms with van der Waals surface area (Å²) in [6, 6.07) is 21.0. The number of anilines is 1. The highest BCUT2D eigenvalue weighted by Crippen LogP contribution is 2.31. The summed E-state index contributed by atoms with van der Waals surface area (Å²) >= 11 is 0. The van der Waals surface area contributed by atoms with Crippen LogP contribution in [0.3, 0.4) is 0 Å². The van der Waals surface area contributed by atoms with Crippen molar-refractivity contribution in [1.29, 1.82) is 0 Å². The zero-order chi connectivity index (χ0) is 26.1. The fraction of sp³-hybridized carbons (Fsp3) is 0.179. The van der Waals surface area contributed by atoms with Crippen molar-refractivity contribution >= 4 is 23.5 Å². The Balaban J connectivity index is 1.29. The van der Waals surface area contributed by atoms with E-state index in [0.717, 1.165) is 22.3 Å². The van der Waals surface area contributed by atoms with Crippen molar-refractivity contribution in [3.05, 3.63) is 89.8 Å². The summed E-state index contributed by atoms with van der Waals surface area (Å²) < 4.78 is 5.50. The van der Waals surface area contributed by atoms with E-state index in [1.54, 1.807) is 32.0 Å². The van der Waals surface area contributed by atoms with Crippen LogP contribution in [0.15, 0.2) is 77.2 Å². The zero-order valence-corrected chi connectivity index (χ0v) is 20.2. The standard InChI is InChI=1S/C28H24N4O5/c1-16(2)23(28(35)36)32-15-20-9-8-19(14-22(20)27(32)34)17-10-12-21(13-11-17)29-24(33)26-31-30-25(37-26)18-6-4-3-5-7-18/h3-14,16,23H,15H2,1-2H3,(H,29,33)(H,35,36). The quantitative estimate of drug-likeness (QED) is 0.379. The van der Waals surface area contributed by atoms with Gasteiger partial charge in [0.1, 0.15) is 6.04 Å². The lowest BCUT2D eigenvalue weighted by Crippen LogP contribution is -2.44. The second-order valence-electron chi connectivity index (χ2n) is 9.14. The van der Waals surface area contributed by atoms with Gasteiger partial charge in [-0.1, -0.05) is 56.3 Å². The van der Waals surface area contributed by atoms with Crippen LogP contribution >= 0.6 is 0 Å². The summed E-state index contributed by atoms with van der Waals surface area (Å²) in [7, 11) is 0. The van der Waals surface area contributed by atoms with Gasteiger partial charge in [0.05, 0.1) is 0 Å². The first-order chi connectivity index (χ1) is 17.8. The molecule has 1 aromatic heterocycles. The summed E-state index contributed by atoms with van der Waals surface area (Å²) in [5.41, 5.74) is 4.23. The van der Waals surface area contributed by atoms with Crippen LogP contribution in [-0.4, -0.2) is 44.0 Å². The van der Waals surface area contributed by atoms with E-state index >= 15 is 0 Å². The molecule has 0 radical (unpaired) electrons. The third-order valence-electron chi connectivity index (χ3n) is 6.28. The molecular weight excluding hydrogens is 472 g/mol. The fourth-order valence-corrected chi connectivity index (χ4v) is 4.45. The van der Waals surface area contributed by atoms with Crippen LogP contribution in [0.25, 0.3) is 22.6 Å². The number of carbonyl (C=O) groups is 3. The number of benzene rings is 3. The Bertz CT molecular complexity index is 1480. The van der Waals surface area contributed by atoms with E-state index in [9.17, 15) is 19.5 Å². The molecule has 2 N–H and O–H groups in total. The molecule has 4 aromatic rings. The van der Waals surface area contributed by atoms with Gasteiger partial charge in [-0.15, -0.1) is 10.2 Å². The van der Waals surface area contributed by atoms with Crippen molar-refractivity contribution < 1.29 is 23.9 Å². The molecule has 1 atom stereocenters. The van der Waals surface area contributed by atoms with E-state index in [-0.39, 0.29) is 30.2 Å². The first kappa shape index (κ1) is 23.9. The van der Waals surface area contributed by atoms with Crippen LogP contribution in [0.2, 0.25) is 0 Å². The Hall–Kier alpha value is -4.79. The van der Waals surface area contributed by atoms with Gasteiger partial charge in [0, 0.05) is 23.4 Å². The average molecular weight is 497 g/mol. The number of carbonyl (C=O) groups excluding carboxylic acids is 2. The number of aromatic nitrogens is 2. The van der Waals surface area contributed by atoms with Crippen molar-refractivity contribution in [2.45, 2.75) is 26.4 Å². The molecule has 2 heterocycles. The molecule has 9 heteroatoms. The monoisotopic (exact) mass is 496 g/mol. The molecule has 9 nitrogen and oxygen atoms in total. The number of hydrogen-bond acceptors (Lipinski definition) is 6. The Morgan fingerprint density at radius 3 is 2.32 bits per heavy atom. The largest absolute Gasteiger partial charge is 0.480 e. The Morgan fingerprint density at radius 1 is 0.946 bits per heavy atom. The van der Waals surface area contributed by atoms with E-state index in [1.165, 1.54) is 4.90 Å². The molecule has 0 bridgehead atoms. The number of aliphatic carboxylic acids is 1. The number of carboxylic acid groups (broad SMARTS) is 1. The van der Waals surface area contributed by atoms with Gasteiger partial charge in [0.15, 0.2) is 0 Å². The molecule has 3 aromatic carbocycles. The first-order valence-corrected chi connectivity index (χ1v) is 11.8. The van der Waals surface area contributed by atoms with Gasteiger partial charge in [-0.2, -0.15) is 0 Å². The molecule has 1 aliphatic heterocycles. The third-order valence-corrected chi connectivity index (χ3v) is 6.28. The van der Waals surface area contributed by atoms with Gasteiger partial charge in [0.2, 0.25) is 5.89 Å². The minimum absolute atomic E-state index is 0.148. The van der Waals surface area contributed by atoms with Gasteiger partial charge >= 0.3 is 17.8 Å².